The lowest BCUT2D eigenvalue weighted by Gasteiger charge is -2.33. The van der Waals surface area contributed by atoms with Crippen molar-refractivity contribution in [2.45, 2.75) is 11.8 Å². The summed E-state index contributed by atoms with van der Waals surface area (Å²) in [6, 6.07) is 16.1. The minimum absolute atomic E-state index is 0.173. The minimum Gasteiger partial charge on any atom is -0.462 e. The number of nitrogens with zero attached hydrogens (tertiary/aromatic N) is 2. The van der Waals surface area contributed by atoms with Crippen molar-refractivity contribution in [3.63, 3.8) is 0 Å². The van der Waals surface area contributed by atoms with Crippen LogP contribution in [-0.4, -0.2) is 62.3 Å². The van der Waals surface area contributed by atoms with Crippen LogP contribution in [-0.2, 0) is 24.3 Å². The molecular formula is C24H24N2O6S. The van der Waals surface area contributed by atoms with Crippen LogP contribution in [0.4, 0.5) is 0 Å². The van der Waals surface area contributed by atoms with Gasteiger partial charge in [-0.2, -0.15) is 4.31 Å². The number of carbonyl (C=O) groups excluding carboxylic acids is 2. The number of aryl methyl sites for hydroxylation is 1. The van der Waals surface area contributed by atoms with E-state index in [9.17, 15) is 18.0 Å². The van der Waals surface area contributed by atoms with Crippen molar-refractivity contribution in [2.75, 3.05) is 32.8 Å². The molecule has 0 atom stereocenters. The normalized spacial score (nSPS) is 15.2. The lowest BCUT2D eigenvalue weighted by atomic mass is 10.1. The highest BCUT2D eigenvalue weighted by Crippen LogP contribution is 2.23. The topological polar surface area (TPSA) is 97.1 Å². The molecule has 4 rings (SSSR count). The number of hydrogen-bond acceptors (Lipinski definition) is 6. The van der Waals surface area contributed by atoms with E-state index in [-0.39, 0.29) is 37.0 Å². The summed E-state index contributed by atoms with van der Waals surface area (Å²) in [5, 5.41) is 1.82. The molecule has 0 radical (unpaired) electrons. The molecule has 3 aromatic rings. The summed E-state index contributed by atoms with van der Waals surface area (Å²) in [7, 11) is -3.67. The molecule has 2 heterocycles. The average Bonchev–Trinajstić information content (AvgIpc) is 3.26. The molecule has 1 aliphatic rings. The summed E-state index contributed by atoms with van der Waals surface area (Å²) in [5.74, 6) is 0.211. The standard InChI is InChI=1S/C24H24N2O6S/c1-18-6-8-21(32-18)9-11-24(28)31-17-23(27)25-12-14-26(15-13-25)33(29,30)22-10-7-19-4-2-3-5-20(19)16-22/h2-11,16H,12-15,17H2,1H3/b11-9+. The van der Waals surface area contributed by atoms with Crippen molar-refractivity contribution in [1.29, 1.82) is 0 Å². The molecule has 33 heavy (non-hydrogen) atoms. The van der Waals surface area contributed by atoms with Crippen LogP contribution in [0, 0.1) is 6.92 Å². The van der Waals surface area contributed by atoms with E-state index >= 15 is 0 Å². The van der Waals surface area contributed by atoms with Gasteiger partial charge in [0.1, 0.15) is 11.5 Å². The Morgan fingerprint density at radius 1 is 1.00 bits per heavy atom. The fourth-order valence-electron chi connectivity index (χ4n) is 3.62. The highest BCUT2D eigenvalue weighted by molar-refractivity contribution is 7.89. The SMILES string of the molecule is Cc1ccc(/C=C/C(=O)OCC(=O)N2CCN(S(=O)(=O)c3ccc4ccccc4c3)CC2)o1. The summed E-state index contributed by atoms with van der Waals surface area (Å²) in [5.41, 5.74) is 0. The fraction of sp³-hybridized carbons (Fsp3) is 0.250. The molecular weight excluding hydrogens is 444 g/mol. The number of rotatable bonds is 6. The van der Waals surface area contributed by atoms with E-state index in [1.165, 1.54) is 21.4 Å². The van der Waals surface area contributed by atoms with Gasteiger partial charge in [-0.1, -0.05) is 30.3 Å². The van der Waals surface area contributed by atoms with Gasteiger partial charge in [0.05, 0.1) is 4.90 Å². The van der Waals surface area contributed by atoms with E-state index in [0.29, 0.717) is 5.76 Å². The van der Waals surface area contributed by atoms with Crippen molar-refractivity contribution in [3.8, 4) is 0 Å². The Kier molecular flexibility index (Phi) is 6.62. The molecule has 0 spiro atoms. The zero-order valence-electron chi connectivity index (χ0n) is 18.1. The fourth-order valence-corrected chi connectivity index (χ4v) is 5.08. The van der Waals surface area contributed by atoms with E-state index in [2.05, 4.69) is 0 Å². The highest BCUT2D eigenvalue weighted by Gasteiger charge is 2.30. The third-order valence-electron chi connectivity index (χ3n) is 5.43. The second kappa shape index (κ2) is 9.60. The molecule has 1 amide bonds. The maximum atomic E-state index is 13.1. The van der Waals surface area contributed by atoms with Crippen LogP contribution >= 0.6 is 0 Å². The van der Waals surface area contributed by atoms with Crippen LogP contribution in [0.15, 0.2) is 70.0 Å². The Morgan fingerprint density at radius 2 is 1.73 bits per heavy atom. The second-order valence-corrected chi connectivity index (χ2v) is 9.62. The Balaban J connectivity index is 1.29. The summed E-state index contributed by atoms with van der Waals surface area (Å²) in [4.78, 5) is 26.0. The van der Waals surface area contributed by atoms with E-state index in [4.69, 9.17) is 9.15 Å². The number of piperazine rings is 1. The van der Waals surface area contributed by atoms with Crippen molar-refractivity contribution in [3.05, 3.63) is 72.2 Å². The molecule has 0 aliphatic carbocycles. The zero-order valence-corrected chi connectivity index (χ0v) is 19.0. The first kappa shape index (κ1) is 22.8. The largest absolute Gasteiger partial charge is 0.462 e. The highest BCUT2D eigenvalue weighted by atomic mass is 32.2. The lowest BCUT2D eigenvalue weighted by Crippen LogP contribution is -2.51. The van der Waals surface area contributed by atoms with Crippen LogP contribution < -0.4 is 0 Å². The molecule has 0 saturated carbocycles. The lowest BCUT2D eigenvalue weighted by molar-refractivity contribution is -0.148. The molecule has 9 heteroatoms. The van der Waals surface area contributed by atoms with Gasteiger partial charge in [-0.25, -0.2) is 13.2 Å². The predicted molar refractivity (Wildman–Crippen MR) is 123 cm³/mol. The van der Waals surface area contributed by atoms with Gasteiger partial charge in [0.25, 0.3) is 5.91 Å². The minimum atomic E-state index is -3.67. The Morgan fingerprint density at radius 3 is 2.42 bits per heavy atom. The van der Waals surface area contributed by atoms with E-state index in [1.54, 1.807) is 37.3 Å². The first-order chi connectivity index (χ1) is 15.8. The number of amides is 1. The second-order valence-electron chi connectivity index (χ2n) is 7.68. The Bertz CT molecular complexity index is 1300. The number of esters is 1. The molecule has 172 valence electrons. The predicted octanol–water partition coefficient (Wildman–Crippen LogP) is 2.83. The van der Waals surface area contributed by atoms with Crippen LogP contribution in [0.5, 0.6) is 0 Å². The van der Waals surface area contributed by atoms with E-state index < -0.39 is 22.6 Å². The first-order valence-electron chi connectivity index (χ1n) is 10.5. The van der Waals surface area contributed by atoms with Gasteiger partial charge >= 0.3 is 5.97 Å². The van der Waals surface area contributed by atoms with Gasteiger partial charge in [0.15, 0.2) is 6.61 Å². The van der Waals surface area contributed by atoms with Gasteiger partial charge in [0.2, 0.25) is 10.0 Å². The van der Waals surface area contributed by atoms with Gasteiger partial charge in [0, 0.05) is 32.3 Å². The van der Waals surface area contributed by atoms with E-state index in [1.807, 2.05) is 24.3 Å². The van der Waals surface area contributed by atoms with Crippen LogP contribution in [0.3, 0.4) is 0 Å². The molecule has 0 N–H and O–H groups in total. The summed E-state index contributed by atoms with van der Waals surface area (Å²) in [6.45, 7) is 2.19. The number of ether oxygens (including phenoxy) is 1. The third kappa shape index (κ3) is 5.32. The van der Waals surface area contributed by atoms with Crippen LogP contribution in [0.25, 0.3) is 16.8 Å². The van der Waals surface area contributed by atoms with Gasteiger partial charge < -0.3 is 14.1 Å². The molecule has 2 aromatic carbocycles. The summed E-state index contributed by atoms with van der Waals surface area (Å²) >= 11 is 0. The number of benzene rings is 2. The smallest absolute Gasteiger partial charge is 0.331 e. The van der Waals surface area contributed by atoms with Crippen molar-refractivity contribution in [2.24, 2.45) is 0 Å². The maximum absolute atomic E-state index is 13.1. The molecule has 1 saturated heterocycles. The molecule has 1 fully saturated rings. The van der Waals surface area contributed by atoms with Crippen molar-refractivity contribution in [1.82, 2.24) is 9.21 Å². The number of fused-ring (bicyclic) bond motifs is 1. The molecule has 1 aromatic heterocycles. The number of sulfonamides is 1. The number of carbonyl (C=O) groups is 2. The Labute approximate surface area is 192 Å². The van der Waals surface area contributed by atoms with Crippen molar-refractivity contribution < 1.29 is 27.2 Å². The number of furan rings is 1. The molecule has 0 unspecified atom stereocenters. The molecule has 1 aliphatic heterocycles. The van der Waals surface area contributed by atoms with Gasteiger partial charge in [-0.15, -0.1) is 0 Å². The molecule has 0 bridgehead atoms. The van der Waals surface area contributed by atoms with Crippen molar-refractivity contribution >= 4 is 38.7 Å². The average molecular weight is 469 g/mol. The zero-order chi connectivity index (χ0) is 23.4. The van der Waals surface area contributed by atoms with E-state index in [0.717, 1.165) is 16.5 Å². The van der Waals surface area contributed by atoms with Gasteiger partial charge in [-0.3, -0.25) is 4.79 Å². The monoisotopic (exact) mass is 468 g/mol. The summed E-state index contributed by atoms with van der Waals surface area (Å²) in [6.07, 6.45) is 2.66. The first-order valence-corrected chi connectivity index (χ1v) is 11.9. The maximum Gasteiger partial charge on any atom is 0.331 e. The van der Waals surface area contributed by atoms with Crippen LogP contribution in [0.2, 0.25) is 0 Å². The quantitative estimate of drug-likeness (QED) is 0.408. The van der Waals surface area contributed by atoms with Crippen LogP contribution in [0.1, 0.15) is 11.5 Å². The third-order valence-corrected chi connectivity index (χ3v) is 7.33. The number of hydrogen-bond donors (Lipinski definition) is 0. The Hall–Kier alpha value is -3.43. The molecule has 8 nitrogen and oxygen atoms in total. The van der Waals surface area contributed by atoms with Gasteiger partial charge in [-0.05, 0) is 48.0 Å². The summed E-state index contributed by atoms with van der Waals surface area (Å²) < 4.78 is 37.8.